The molecule has 1 aliphatic rings. The maximum Gasteiger partial charge on any atom is 0.338 e. The predicted molar refractivity (Wildman–Crippen MR) is 119 cm³/mol. The highest BCUT2D eigenvalue weighted by molar-refractivity contribution is 7.89. The molecule has 10 heteroatoms. The maximum absolute atomic E-state index is 12.9. The lowest BCUT2D eigenvalue weighted by Gasteiger charge is -2.32. The number of ether oxygens (including phenoxy) is 1. The molecule has 3 rings (SSSR count). The number of hydrogen-bond acceptors (Lipinski definition) is 5. The van der Waals surface area contributed by atoms with Gasteiger partial charge in [0.2, 0.25) is 10.0 Å². The van der Waals surface area contributed by atoms with Crippen LogP contribution in [0.4, 0.5) is 5.69 Å². The Labute approximate surface area is 191 Å². The van der Waals surface area contributed by atoms with Crippen LogP contribution in [-0.2, 0) is 19.6 Å². The summed E-state index contributed by atoms with van der Waals surface area (Å²) in [6, 6.07) is 10.0. The van der Waals surface area contributed by atoms with Crippen molar-refractivity contribution < 1.29 is 22.7 Å². The summed E-state index contributed by atoms with van der Waals surface area (Å²) in [7, 11) is -3.63. The van der Waals surface area contributed by atoms with E-state index in [1.807, 2.05) is 6.92 Å². The van der Waals surface area contributed by atoms with Crippen molar-refractivity contribution >= 4 is 50.8 Å². The summed E-state index contributed by atoms with van der Waals surface area (Å²) in [5, 5.41) is 3.20. The number of rotatable bonds is 6. The smallest absolute Gasteiger partial charge is 0.338 e. The fourth-order valence-corrected chi connectivity index (χ4v) is 5.36. The number of hydrogen-bond donors (Lipinski definition) is 1. The molecule has 0 bridgehead atoms. The van der Waals surface area contributed by atoms with E-state index < -0.39 is 28.5 Å². The van der Waals surface area contributed by atoms with Gasteiger partial charge in [-0.2, -0.15) is 4.31 Å². The summed E-state index contributed by atoms with van der Waals surface area (Å²) in [5.74, 6) is -1.33. The van der Waals surface area contributed by atoms with E-state index in [9.17, 15) is 18.0 Å². The quantitative estimate of drug-likeness (QED) is 0.615. The highest BCUT2D eigenvalue weighted by Crippen LogP contribution is 2.26. The number of anilines is 1. The van der Waals surface area contributed by atoms with Crippen LogP contribution in [0.5, 0.6) is 0 Å². The second-order valence-electron chi connectivity index (χ2n) is 7.23. The Hall–Kier alpha value is -2.13. The van der Waals surface area contributed by atoms with Gasteiger partial charge in [-0.05, 0) is 62.2 Å². The highest BCUT2D eigenvalue weighted by atomic mass is 35.5. The largest absolute Gasteiger partial charge is 0.452 e. The number of halogens is 2. The number of carbonyl (C=O) groups excluding carboxylic acids is 2. The average molecular weight is 485 g/mol. The van der Waals surface area contributed by atoms with Crippen LogP contribution < -0.4 is 5.32 Å². The van der Waals surface area contributed by atoms with Crippen molar-refractivity contribution in [2.45, 2.75) is 37.1 Å². The van der Waals surface area contributed by atoms with Crippen molar-refractivity contribution in [3.63, 3.8) is 0 Å². The number of carbonyl (C=O) groups is 2. The van der Waals surface area contributed by atoms with Crippen LogP contribution in [0.3, 0.4) is 0 Å². The van der Waals surface area contributed by atoms with E-state index in [0.29, 0.717) is 22.3 Å². The van der Waals surface area contributed by atoms with E-state index in [4.69, 9.17) is 27.9 Å². The highest BCUT2D eigenvalue weighted by Gasteiger charge is 2.31. The molecule has 0 spiro atoms. The van der Waals surface area contributed by atoms with Gasteiger partial charge in [-0.15, -0.1) is 0 Å². The third-order valence-electron chi connectivity index (χ3n) is 4.98. The molecule has 1 amide bonds. The first kappa shape index (κ1) is 23.5. The van der Waals surface area contributed by atoms with Gasteiger partial charge in [-0.1, -0.05) is 29.6 Å². The summed E-state index contributed by atoms with van der Waals surface area (Å²) in [6.45, 7) is 1.84. The molecule has 0 radical (unpaired) electrons. The number of benzene rings is 2. The molecule has 1 unspecified atom stereocenters. The van der Waals surface area contributed by atoms with E-state index in [0.717, 1.165) is 19.3 Å². The zero-order valence-electron chi connectivity index (χ0n) is 16.8. The molecule has 0 aromatic heterocycles. The molecule has 0 aliphatic carbocycles. The number of esters is 1. The molecule has 2 aromatic rings. The Kier molecular flexibility index (Phi) is 7.59. The fourth-order valence-electron chi connectivity index (χ4n) is 3.32. The van der Waals surface area contributed by atoms with Gasteiger partial charge in [0.1, 0.15) is 0 Å². The second-order valence-corrected chi connectivity index (χ2v) is 9.97. The fraction of sp³-hybridized carbons (Fsp3) is 0.333. The third kappa shape index (κ3) is 5.77. The van der Waals surface area contributed by atoms with E-state index in [-0.39, 0.29) is 16.5 Å². The minimum absolute atomic E-state index is 0.0603. The standard InChI is InChI=1S/C21H22Cl2N2O5S/c1-14-4-2-3-11-25(14)31(28,29)17-8-5-15(6-9-17)21(27)30-13-20(26)24-19-12-16(22)7-10-18(19)23/h5-10,12,14H,2-4,11,13H2,1H3,(H,24,26). The van der Waals surface area contributed by atoms with Crippen LogP contribution >= 0.6 is 23.2 Å². The monoisotopic (exact) mass is 484 g/mol. The molecule has 31 heavy (non-hydrogen) atoms. The van der Waals surface area contributed by atoms with Crippen LogP contribution in [0.2, 0.25) is 10.0 Å². The van der Waals surface area contributed by atoms with Crippen LogP contribution in [-0.4, -0.2) is 43.8 Å². The molecule has 7 nitrogen and oxygen atoms in total. The van der Waals surface area contributed by atoms with E-state index in [1.54, 1.807) is 6.07 Å². The molecule has 0 saturated carbocycles. The van der Waals surface area contributed by atoms with Gasteiger partial charge in [-0.25, -0.2) is 13.2 Å². The molecule has 1 aliphatic heterocycles. The van der Waals surface area contributed by atoms with Crippen molar-refractivity contribution in [3.8, 4) is 0 Å². The Balaban J connectivity index is 1.60. The second kappa shape index (κ2) is 9.99. The van der Waals surface area contributed by atoms with Crippen LogP contribution in [0, 0.1) is 0 Å². The lowest BCUT2D eigenvalue weighted by Crippen LogP contribution is -2.41. The molecule has 1 atom stereocenters. The first-order valence-electron chi connectivity index (χ1n) is 9.72. The van der Waals surface area contributed by atoms with Crippen LogP contribution in [0.1, 0.15) is 36.5 Å². The van der Waals surface area contributed by atoms with Crippen molar-refractivity contribution in [1.82, 2.24) is 4.31 Å². The number of piperidine rings is 1. The molecule has 1 N–H and O–H groups in total. The SMILES string of the molecule is CC1CCCCN1S(=O)(=O)c1ccc(C(=O)OCC(=O)Nc2cc(Cl)ccc2Cl)cc1. The average Bonchev–Trinajstić information content (AvgIpc) is 2.75. The minimum Gasteiger partial charge on any atom is -0.452 e. The molecule has 2 aromatic carbocycles. The Morgan fingerprint density at radius 3 is 2.52 bits per heavy atom. The number of nitrogens with zero attached hydrogens (tertiary/aromatic N) is 1. The van der Waals surface area contributed by atoms with Gasteiger partial charge in [0.05, 0.1) is 21.2 Å². The van der Waals surface area contributed by atoms with E-state index >= 15 is 0 Å². The zero-order chi connectivity index (χ0) is 22.6. The summed E-state index contributed by atoms with van der Waals surface area (Å²) in [4.78, 5) is 24.4. The molecular weight excluding hydrogens is 463 g/mol. The van der Waals surface area contributed by atoms with Gasteiger partial charge in [0, 0.05) is 17.6 Å². The molecule has 166 valence electrons. The Morgan fingerprint density at radius 1 is 1.13 bits per heavy atom. The number of amides is 1. The summed E-state index contributed by atoms with van der Waals surface area (Å²) in [6.07, 6.45) is 2.66. The third-order valence-corrected chi connectivity index (χ3v) is 7.57. The zero-order valence-corrected chi connectivity index (χ0v) is 19.1. The van der Waals surface area contributed by atoms with Crippen LogP contribution in [0.25, 0.3) is 0 Å². The van der Waals surface area contributed by atoms with Gasteiger partial charge in [0.25, 0.3) is 5.91 Å². The van der Waals surface area contributed by atoms with Gasteiger partial charge < -0.3 is 10.1 Å². The normalized spacial score (nSPS) is 17.2. The minimum atomic E-state index is -3.63. The number of nitrogens with one attached hydrogen (secondary N) is 1. The topological polar surface area (TPSA) is 92.8 Å². The first-order valence-corrected chi connectivity index (χ1v) is 11.9. The van der Waals surface area contributed by atoms with Gasteiger partial charge in [0.15, 0.2) is 6.61 Å². The summed E-state index contributed by atoms with van der Waals surface area (Å²) >= 11 is 11.9. The van der Waals surface area contributed by atoms with E-state index in [2.05, 4.69) is 5.32 Å². The Bertz CT molecular complexity index is 1070. The summed E-state index contributed by atoms with van der Waals surface area (Å²) < 4.78 is 32.2. The van der Waals surface area contributed by atoms with Crippen LogP contribution in [0.15, 0.2) is 47.4 Å². The maximum atomic E-state index is 12.9. The van der Waals surface area contributed by atoms with Gasteiger partial charge in [-0.3, -0.25) is 4.79 Å². The number of sulfonamides is 1. The van der Waals surface area contributed by atoms with Crippen molar-refractivity contribution in [1.29, 1.82) is 0 Å². The lowest BCUT2D eigenvalue weighted by molar-refractivity contribution is -0.119. The first-order chi connectivity index (χ1) is 14.7. The van der Waals surface area contributed by atoms with Crippen molar-refractivity contribution in [2.24, 2.45) is 0 Å². The Morgan fingerprint density at radius 2 is 1.84 bits per heavy atom. The van der Waals surface area contributed by atoms with Gasteiger partial charge >= 0.3 is 5.97 Å². The van der Waals surface area contributed by atoms with Crippen molar-refractivity contribution in [2.75, 3.05) is 18.5 Å². The van der Waals surface area contributed by atoms with Crippen molar-refractivity contribution in [3.05, 3.63) is 58.1 Å². The molecular formula is C21H22Cl2N2O5S. The molecule has 1 fully saturated rings. The molecule has 1 heterocycles. The van der Waals surface area contributed by atoms with E-state index in [1.165, 1.54) is 40.7 Å². The predicted octanol–water partition coefficient (Wildman–Crippen LogP) is 4.35. The lowest BCUT2D eigenvalue weighted by atomic mass is 10.1. The molecule has 1 saturated heterocycles. The summed E-state index contributed by atoms with van der Waals surface area (Å²) in [5.41, 5.74) is 0.441.